The average Bonchev–Trinajstić information content (AvgIpc) is 3.05. The predicted molar refractivity (Wildman–Crippen MR) is 109 cm³/mol. The summed E-state index contributed by atoms with van der Waals surface area (Å²) in [6, 6.07) is 14.8. The highest BCUT2D eigenvalue weighted by Crippen LogP contribution is 2.44. The van der Waals surface area contributed by atoms with Crippen LogP contribution < -0.4 is 10.2 Å². The van der Waals surface area contributed by atoms with Crippen molar-refractivity contribution in [3.8, 4) is 0 Å². The lowest BCUT2D eigenvalue weighted by Gasteiger charge is -2.40. The molecule has 0 radical (unpaired) electrons. The van der Waals surface area contributed by atoms with E-state index in [4.69, 9.17) is 0 Å². The first-order valence-electron chi connectivity index (χ1n) is 10.3. The summed E-state index contributed by atoms with van der Waals surface area (Å²) in [5.74, 6) is 0.570. The summed E-state index contributed by atoms with van der Waals surface area (Å²) >= 11 is 0. The minimum Gasteiger partial charge on any atom is -0.362 e. The Labute approximate surface area is 161 Å². The van der Waals surface area contributed by atoms with Crippen molar-refractivity contribution >= 4 is 11.4 Å². The molecular formula is C23H28FN3. The summed E-state index contributed by atoms with van der Waals surface area (Å²) in [7, 11) is 0. The van der Waals surface area contributed by atoms with Crippen LogP contribution in [0, 0.1) is 5.82 Å². The van der Waals surface area contributed by atoms with Crippen LogP contribution in [-0.2, 0) is 6.42 Å². The van der Waals surface area contributed by atoms with Crippen molar-refractivity contribution in [2.45, 2.75) is 50.7 Å². The van der Waals surface area contributed by atoms with Crippen LogP contribution in [0.5, 0.6) is 0 Å². The van der Waals surface area contributed by atoms with Crippen molar-refractivity contribution in [3.05, 3.63) is 59.4 Å². The van der Waals surface area contributed by atoms with Crippen LogP contribution in [0.4, 0.5) is 15.8 Å². The lowest BCUT2D eigenvalue weighted by Crippen LogP contribution is -2.51. The summed E-state index contributed by atoms with van der Waals surface area (Å²) in [5, 5.41) is 3.62. The topological polar surface area (TPSA) is 18.5 Å². The largest absolute Gasteiger partial charge is 0.362 e. The van der Waals surface area contributed by atoms with E-state index in [9.17, 15) is 4.39 Å². The monoisotopic (exact) mass is 365 g/mol. The van der Waals surface area contributed by atoms with Crippen LogP contribution >= 0.6 is 0 Å². The number of hydrogen-bond donors (Lipinski definition) is 1. The van der Waals surface area contributed by atoms with E-state index in [2.05, 4.69) is 52.4 Å². The summed E-state index contributed by atoms with van der Waals surface area (Å²) in [6.07, 6.45) is 4.78. The number of likely N-dealkylation sites (tertiary alicyclic amines) is 1. The Kier molecular flexibility index (Phi) is 4.31. The fourth-order valence-corrected chi connectivity index (χ4v) is 5.25. The van der Waals surface area contributed by atoms with Crippen molar-refractivity contribution in [3.63, 3.8) is 0 Å². The number of piperidine rings is 1. The van der Waals surface area contributed by atoms with Crippen molar-refractivity contribution in [1.82, 2.24) is 4.90 Å². The Morgan fingerprint density at radius 3 is 2.63 bits per heavy atom. The van der Waals surface area contributed by atoms with E-state index in [1.807, 2.05) is 0 Å². The molecular weight excluding hydrogens is 337 g/mol. The first-order valence-corrected chi connectivity index (χ1v) is 10.3. The number of aryl methyl sites for hydroxylation is 1. The van der Waals surface area contributed by atoms with Gasteiger partial charge in [0.1, 0.15) is 12.0 Å². The summed E-state index contributed by atoms with van der Waals surface area (Å²) in [4.78, 5) is 5.09. The van der Waals surface area contributed by atoms with Gasteiger partial charge in [-0.25, -0.2) is 4.39 Å². The molecule has 142 valence electrons. The lowest BCUT2D eigenvalue weighted by molar-refractivity contribution is 0.202. The number of rotatable bonds is 3. The Morgan fingerprint density at radius 2 is 1.85 bits per heavy atom. The van der Waals surface area contributed by atoms with E-state index in [0.717, 1.165) is 38.2 Å². The standard InChI is InChI=1S/C23H28FN3/c1-16-7-8-19-13-20(24)14-21-23(19)27(16)22(25-21)15-26-11-9-18(10-12-26)17-5-3-2-4-6-17/h2-6,13-14,16,18,22,25H,7-12,15H2,1H3/t16-,22?/m1/s1. The van der Waals surface area contributed by atoms with Gasteiger partial charge in [-0.15, -0.1) is 0 Å². The van der Waals surface area contributed by atoms with Crippen molar-refractivity contribution in [1.29, 1.82) is 0 Å². The number of hydrogen-bond acceptors (Lipinski definition) is 3. The number of nitrogens with zero attached hydrogens (tertiary/aromatic N) is 2. The first kappa shape index (κ1) is 17.1. The fourth-order valence-electron chi connectivity index (χ4n) is 5.25. The molecule has 4 heteroatoms. The van der Waals surface area contributed by atoms with Crippen LogP contribution in [0.25, 0.3) is 0 Å². The third-order valence-corrected chi connectivity index (χ3v) is 6.67. The van der Waals surface area contributed by atoms with Crippen LogP contribution in [0.3, 0.4) is 0 Å². The highest BCUT2D eigenvalue weighted by Gasteiger charge is 2.38. The fraction of sp³-hybridized carbons (Fsp3) is 0.478. The molecule has 1 saturated heterocycles. The molecule has 3 aliphatic heterocycles. The highest BCUT2D eigenvalue weighted by atomic mass is 19.1. The second-order valence-electron chi connectivity index (χ2n) is 8.40. The molecule has 27 heavy (non-hydrogen) atoms. The molecule has 0 spiro atoms. The first-order chi connectivity index (χ1) is 13.2. The Morgan fingerprint density at radius 1 is 1.07 bits per heavy atom. The molecule has 2 aromatic rings. The quantitative estimate of drug-likeness (QED) is 0.858. The minimum absolute atomic E-state index is 0.116. The molecule has 0 aromatic heterocycles. The van der Waals surface area contributed by atoms with E-state index in [-0.39, 0.29) is 12.0 Å². The Hall–Kier alpha value is -2.07. The maximum absolute atomic E-state index is 14.0. The number of nitrogens with one attached hydrogen (secondary N) is 1. The van der Waals surface area contributed by atoms with Crippen molar-refractivity contribution in [2.75, 3.05) is 29.9 Å². The van der Waals surface area contributed by atoms with E-state index in [0.29, 0.717) is 12.0 Å². The molecule has 2 atom stereocenters. The number of benzene rings is 2. The molecule has 1 N–H and O–H groups in total. The predicted octanol–water partition coefficient (Wildman–Crippen LogP) is 4.60. The minimum atomic E-state index is -0.116. The zero-order valence-electron chi connectivity index (χ0n) is 16.0. The van der Waals surface area contributed by atoms with Gasteiger partial charge in [-0.05, 0) is 74.9 Å². The molecule has 0 saturated carbocycles. The maximum atomic E-state index is 14.0. The van der Waals surface area contributed by atoms with Gasteiger partial charge < -0.3 is 10.2 Å². The SMILES string of the molecule is C[C@@H]1CCc2cc(F)cc3c2N1C(CN1CCC(c2ccccc2)CC1)N3. The summed E-state index contributed by atoms with van der Waals surface area (Å²) in [6.45, 7) is 5.58. The molecule has 5 rings (SSSR count). The molecule has 0 aliphatic carbocycles. The normalized spacial score (nSPS) is 25.3. The van der Waals surface area contributed by atoms with Gasteiger partial charge in [-0.1, -0.05) is 30.3 Å². The van der Waals surface area contributed by atoms with Gasteiger partial charge >= 0.3 is 0 Å². The molecule has 1 unspecified atom stereocenters. The summed E-state index contributed by atoms with van der Waals surface area (Å²) < 4.78 is 14.0. The van der Waals surface area contributed by atoms with Gasteiger partial charge in [0.05, 0.1) is 11.4 Å². The van der Waals surface area contributed by atoms with Crippen LogP contribution in [0.1, 0.15) is 43.2 Å². The van der Waals surface area contributed by atoms with Crippen LogP contribution in [0.15, 0.2) is 42.5 Å². The second-order valence-corrected chi connectivity index (χ2v) is 8.40. The van der Waals surface area contributed by atoms with Gasteiger partial charge in [0.2, 0.25) is 0 Å². The zero-order valence-corrected chi connectivity index (χ0v) is 16.0. The molecule has 0 bridgehead atoms. The Bertz CT molecular complexity index is 814. The van der Waals surface area contributed by atoms with Crippen molar-refractivity contribution in [2.24, 2.45) is 0 Å². The Balaban J connectivity index is 1.28. The molecule has 3 heterocycles. The maximum Gasteiger partial charge on any atom is 0.125 e. The van der Waals surface area contributed by atoms with Gasteiger partial charge in [-0.2, -0.15) is 0 Å². The van der Waals surface area contributed by atoms with Crippen LogP contribution in [-0.4, -0.2) is 36.7 Å². The van der Waals surface area contributed by atoms with Gasteiger partial charge in [0.15, 0.2) is 0 Å². The second kappa shape index (κ2) is 6.83. The molecule has 2 aromatic carbocycles. The van der Waals surface area contributed by atoms with Crippen molar-refractivity contribution < 1.29 is 4.39 Å². The zero-order chi connectivity index (χ0) is 18.4. The molecule has 1 fully saturated rings. The number of anilines is 2. The average molecular weight is 365 g/mol. The van der Waals surface area contributed by atoms with Gasteiger partial charge in [0, 0.05) is 12.6 Å². The molecule has 3 aliphatic rings. The third kappa shape index (κ3) is 3.10. The van der Waals surface area contributed by atoms with Gasteiger partial charge in [0.25, 0.3) is 0 Å². The molecule has 0 amide bonds. The number of halogens is 1. The van der Waals surface area contributed by atoms with E-state index < -0.39 is 0 Å². The third-order valence-electron chi connectivity index (χ3n) is 6.67. The summed E-state index contributed by atoms with van der Waals surface area (Å²) in [5.41, 5.74) is 4.88. The lowest BCUT2D eigenvalue weighted by atomic mass is 9.89. The smallest absolute Gasteiger partial charge is 0.125 e. The van der Waals surface area contributed by atoms with E-state index in [1.165, 1.54) is 29.7 Å². The highest BCUT2D eigenvalue weighted by molar-refractivity contribution is 5.80. The van der Waals surface area contributed by atoms with Crippen LogP contribution in [0.2, 0.25) is 0 Å². The van der Waals surface area contributed by atoms with E-state index >= 15 is 0 Å². The van der Waals surface area contributed by atoms with Gasteiger partial charge in [-0.3, -0.25) is 4.90 Å². The van der Waals surface area contributed by atoms with E-state index in [1.54, 1.807) is 12.1 Å². The molecule has 3 nitrogen and oxygen atoms in total.